The number of aromatic hydroxyl groups is 2. The number of hydrogen-bond acceptors (Lipinski definition) is 5. The topological polar surface area (TPSA) is 83.8 Å². The highest BCUT2D eigenvalue weighted by atomic mass is 16.5. The minimum atomic E-state index is -0.823. The van der Waals surface area contributed by atoms with Gasteiger partial charge in [-0.1, -0.05) is 17.7 Å². The van der Waals surface area contributed by atoms with E-state index in [1.165, 1.54) is 12.1 Å². The molecule has 0 bridgehead atoms. The highest BCUT2D eigenvalue weighted by Crippen LogP contribution is 2.23. The number of aryl methyl sites for hydroxylation is 2. The van der Waals surface area contributed by atoms with Crippen LogP contribution in [0.1, 0.15) is 31.8 Å². The molecule has 0 radical (unpaired) electrons. The van der Waals surface area contributed by atoms with E-state index in [1.54, 1.807) is 13.0 Å². The first-order valence-electron chi connectivity index (χ1n) is 6.68. The van der Waals surface area contributed by atoms with Crippen molar-refractivity contribution >= 4 is 11.8 Å². The van der Waals surface area contributed by atoms with Crippen molar-refractivity contribution < 1.29 is 24.5 Å². The van der Waals surface area contributed by atoms with Gasteiger partial charge in [0.2, 0.25) is 5.78 Å². The van der Waals surface area contributed by atoms with Crippen LogP contribution in [-0.2, 0) is 4.74 Å². The molecule has 0 spiro atoms. The van der Waals surface area contributed by atoms with Crippen LogP contribution >= 0.6 is 0 Å². The number of phenolic OH excluding ortho intramolecular Hbond substituents is 2. The summed E-state index contributed by atoms with van der Waals surface area (Å²) in [5.41, 5.74) is 2.14. The number of ketones is 1. The molecule has 22 heavy (non-hydrogen) atoms. The lowest BCUT2D eigenvalue weighted by atomic mass is 10.0. The SMILES string of the molecule is Cc1ccc(C)c(C(=O)COC(=O)c2ccc(O)cc2O)c1. The van der Waals surface area contributed by atoms with Crippen LogP contribution < -0.4 is 0 Å². The van der Waals surface area contributed by atoms with E-state index in [-0.39, 0.29) is 17.1 Å². The van der Waals surface area contributed by atoms with Crippen molar-refractivity contribution in [2.24, 2.45) is 0 Å². The summed E-state index contributed by atoms with van der Waals surface area (Å²) in [5.74, 6) is -1.70. The fraction of sp³-hybridized carbons (Fsp3) is 0.176. The molecule has 0 unspecified atom stereocenters. The smallest absolute Gasteiger partial charge is 0.342 e. The van der Waals surface area contributed by atoms with E-state index in [1.807, 2.05) is 19.1 Å². The minimum absolute atomic E-state index is 0.105. The lowest BCUT2D eigenvalue weighted by Gasteiger charge is -2.08. The molecule has 0 saturated heterocycles. The van der Waals surface area contributed by atoms with Gasteiger partial charge in [-0.3, -0.25) is 4.79 Å². The maximum Gasteiger partial charge on any atom is 0.342 e. The first kappa shape index (κ1) is 15.6. The Labute approximate surface area is 127 Å². The molecule has 0 aliphatic carbocycles. The third-order valence-electron chi connectivity index (χ3n) is 3.23. The quantitative estimate of drug-likeness (QED) is 0.670. The van der Waals surface area contributed by atoms with Crippen molar-refractivity contribution in [2.45, 2.75) is 13.8 Å². The lowest BCUT2D eigenvalue weighted by Crippen LogP contribution is -2.15. The Balaban J connectivity index is 2.07. The summed E-state index contributed by atoms with van der Waals surface area (Å²) in [5, 5.41) is 18.8. The lowest BCUT2D eigenvalue weighted by molar-refractivity contribution is 0.0471. The number of rotatable bonds is 4. The van der Waals surface area contributed by atoms with Gasteiger partial charge in [0.05, 0.1) is 0 Å². The number of hydrogen-bond donors (Lipinski definition) is 2. The predicted octanol–water partition coefficient (Wildman–Crippen LogP) is 2.75. The van der Waals surface area contributed by atoms with Crippen LogP contribution in [0.3, 0.4) is 0 Å². The van der Waals surface area contributed by atoms with Crippen LogP contribution in [0.4, 0.5) is 0 Å². The van der Waals surface area contributed by atoms with E-state index in [4.69, 9.17) is 4.74 Å². The van der Waals surface area contributed by atoms with Gasteiger partial charge in [-0.05, 0) is 37.6 Å². The molecule has 0 aliphatic rings. The number of Topliss-reactive ketones (excluding diaryl/α,β-unsaturated/α-hetero) is 1. The first-order valence-corrected chi connectivity index (χ1v) is 6.68. The summed E-state index contributed by atoms with van der Waals surface area (Å²) in [6.07, 6.45) is 0. The molecular weight excluding hydrogens is 284 g/mol. The molecule has 0 aliphatic heterocycles. The van der Waals surface area contributed by atoms with Gasteiger partial charge in [-0.25, -0.2) is 4.79 Å². The van der Waals surface area contributed by atoms with Crippen molar-refractivity contribution in [3.8, 4) is 11.5 Å². The number of ether oxygens (including phenoxy) is 1. The van der Waals surface area contributed by atoms with Gasteiger partial charge in [0, 0.05) is 11.6 Å². The minimum Gasteiger partial charge on any atom is -0.508 e. The Hall–Kier alpha value is -2.82. The summed E-state index contributed by atoms with van der Waals surface area (Å²) >= 11 is 0. The molecule has 0 aromatic heterocycles. The Bertz CT molecular complexity index is 734. The zero-order chi connectivity index (χ0) is 16.3. The fourth-order valence-electron chi connectivity index (χ4n) is 2.02. The third-order valence-corrected chi connectivity index (χ3v) is 3.23. The Morgan fingerprint density at radius 2 is 1.73 bits per heavy atom. The summed E-state index contributed by atoms with van der Waals surface area (Å²) < 4.78 is 4.93. The summed E-state index contributed by atoms with van der Waals surface area (Å²) in [7, 11) is 0. The van der Waals surface area contributed by atoms with Gasteiger partial charge in [-0.15, -0.1) is 0 Å². The van der Waals surface area contributed by atoms with Crippen LogP contribution in [0.15, 0.2) is 36.4 Å². The van der Waals surface area contributed by atoms with E-state index >= 15 is 0 Å². The Kier molecular flexibility index (Phi) is 4.46. The standard InChI is InChI=1S/C17H16O5/c1-10-3-4-11(2)14(7-10)16(20)9-22-17(21)13-6-5-12(18)8-15(13)19/h3-8,18-19H,9H2,1-2H3. The fourth-order valence-corrected chi connectivity index (χ4v) is 2.02. The predicted molar refractivity (Wildman–Crippen MR) is 80.3 cm³/mol. The third kappa shape index (κ3) is 3.44. The molecule has 2 aromatic carbocycles. The molecule has 0 fully saturated rings. The number of esters is 1. The Morgan fingerprint density at radius 3 is 2.41 bits per heavy atom. The highest BCUT2D eigenvalue weighted by molar-refractivity contribution is 6.01. The second kappa shape index (κ2) is 6.30. The molecule has 2 aromatic rings. The molecule has 0 heterocycles. The van der Waals surface area contributed by atoms with E-state index in [2.05, 4.69) is 0 Å². The molecule has 5 heteroatoms. The summed E-state index contributed by atoms with van der Waals surface area (Å²) in [4.78, 5) is 24.0. The average molecular weight is 300 g/mol. The van der Waals surface area contributed by atoms with Gasteiger partial charge in [0.25, 0.3) is 0 Å². The maximum atomic E-state index is 12.1. The van der Waals surface area contributed by atoms with Gasteiger partial charge in [0.15, 0.2) is 6.61 Å². The Morgan fingerprint density at radius 1 is 1.00 bits per heavy atom. The number of carbonyl (C=O) groups excluding carboxylic acids is 2. The number of benzene rings is 2. The van der Waals surface area contributed by atoms with E-state index in [0.29, 0.717) is 5.56 Å². The first-order chi connectivity index (χ1) is 10.4. The molecule has 0 amide bonds. The van der Waals surface area contributed by atoms with Crippen molar-refractivity contribution in [1.82, 2.24) is 0 Å². The normalized spacial score (nSPS) is 10.3. The molecule has 5 nitrogen and oxygen atoms in total. The van der Waals surface area contributed by atoms with E-state index < -0.39 is 18.3 Å². The summed E-state index contributed by atoms with van der Waals surface area (Å²) in [6.45, 7) is 3.26. The summed E-state index contributed by atoms with van der Waals surface area (Å²) in [6, 6.07) is 8.98. The zero-order valence-corrected chi connectivity index (χ0v) is 12.3. The van der Waals surface area contributed by atoms with Crippen molar-refractivity contribution in [1.29, 1.82) is 0 Å². The second-order valence-corrected chi connectivity index (χ2v) is 5.02. The molecular formula is C17H16O5. The van der Waals surface area contributed by atoms with Crippen molar-refractivity contribution in [3.63, 3.8) is 0 Å². The molecule has 0 atom stereocenters. The van der Waals surface area contributed by atoms with Crippen LogP contribution in [0.5, 0.6) is 11.5 Å². The van der Waals surface area contributed by atoms with Gasteiger partial charge in [-0.2, -0.15) is 0 Å². The van der Waals surface area contributed by atoms with Crippen LogP contribution in [0, 0.1) is 13.8 Å². The maximum absolute atomic E-state index is 12.1. The van der Waals surface area contributed by atoms with Gasteiger partial charge >= 0.3 is 5.97 Å². The average Bonchev–Trinajstić information content (AvgIpc) is 2.47. The van der Waals surface area contributed by atoms with Gasteiger partial charge < -0.3 is 14.9 Å². The van der Waals surface area contributed by atoms with Crippen LogP contribution in [0.25, 0.3) is 0 Å². The molecule has 2 N–H and O–H groups in total. The highest BCUT2D eigenvalue weighted by Gasteiger charge is 2.16. The number of carbonyl (C=O) groups is 2. The van der Waals surface area contributed by atoms with Crippen LogP contribution in [-0.4, -0.2) is 28.6 Å². The zero-order valence-electron chi connectivity index (χ0n) is 12.3. The molecule has 2 rings (SSSR count). The largest absolute Gasteiger partial charge is 0.508 e. The number of phenols is 2. The molecule has 114 valence electrons. The van der Waals surface area contributed by atoms with E-state index in [9.17, 15) is 19.8 Å². The van der Waals surface area contributed by atoms with Crippen molar-refractivity contribution in [2.75, 3.05) is 6.61 Å². The monoisotopic (exact) mass is 300 g/mol. The molecule has 0 saturated carbocycles. The second-order valence-electron chi connectivity index (χ2n) is 5.02. The van der Waals surface area contributed by atoms with Gasteiger partial charge in [0.1, 0.15) is 17.1 Å². The van der Waals surface area contributed by atoms with Crippen LogP contribution in [0.2, 0.25) is 0 Å². The van der Waals surface area contributed by atoms with E-state index in [0.717, 1.165) is 17.2 Å². The van der Waals surface area contributed by atoms with Crippen molar-refractivity contribution in [3.05, 3.63) is 58.7 Å².